The van der Waals surface area contributed by atoms with Gasteiger partial charge in [0.2, 0.25) is 0 Å². The monoisotopic (exact) mass is 272 g/mol. The number of allylic oxidation sites excluding steroid dienone is 1. The van der Waals surface area contributed by atoms with Gasteiger partial charge in [-0.15, -0.1) is 0 Å². The minimum Gasteiger partial charge on any atom is -0.440 e. The van der Waals surface area contributed by atoms with Crippen LogP contribution < -0.4 is 4.52 Å². The molecular formula is C13H18ClO2P. The standard InChI is InChI=1S/C13H18ClO2P/c1-3-5-10-17(15,9-4-2)16-13-8-6-7-12(14)11-13/h4,6-9,11H,3,5,10H2,1-2H3. The molecule has 2 nitrogen and oxygen atoms in total. The van der Waals surface area contributed by atoms with E-state index >= 15 is 0 Å². The molecule has 0 amide bonds. The predicted molar refractivity (Wildman–Crippen MR) is 74.3 cm³/mol. The van der Waals surface area contributed by atoms with Crippen molar-refractivity contribution in [2.75, 3.05) is 6.16 Å². The van der Waals surface area contributed by atoms with Gasteiger partial charge in [0, 0.05) is 17.0 Å². The third kappa shape index (κ3) is 4.97. The van der Waals surface area contributed by atoms with Crippen molar-refractivity contribution in [3.63, 3.8) is 0 Å². The van der Waals surface area contributed by atoms with Crippen molar-refractivity contribution >= 4 is 19.0 Å². The van der Waals surface area contributed by atoms with Crippen LogP contribution in [0, 0.1) is 0 Å². The molecular weight excluding hydrogens is 255 g/mol. The molecule has 0 saturated carbocycles. The number of halogens is 1. The summed E-state index contributed by atoms with van der Waals surface area (Å²) in [6.07, 6.45) is 4.24. The van der Waals surface area contributed by atoms with Gasteiger partial charge in [-0.2, -0.15) is 0 Å². The Morgan fingerprint density at radius 1 is 1.47 bits per heavy atom. The van der Waals surface area contributed by atoms with E-state index in [0.717, 1.165) is 12.8 Å². The van der Waals surface area contributed by atoms with Gasteiger partial charge in [0.15, 0.2) is 0 Å². The van der Waals surface area contributed by atoms with Gasteiger partial charge in [0.05, 0.1) is 0 Å². The maximum atomic E-state index is 12.5. The normalized spacial score (nSPS) is 14.8. The van der Waals surface area contributed by atoms with Gasteiger partial charge in [0.1, 0.15) is 5.75 Å². The Balaban J connectivity index is 2.83. The van der Waals surface area contributed by atoms with Crippen LogP contribution in [0.5, 0.6) is 5.75 Å². The second kappa shape index (κ2) is 6.88. The lowest BCUT2D eigenvalue weighted by Gasteiger charge is -2.16. The van der Waals surface area contributed by atoms with Crippen LogP contribution in [-0.4, -0.2) is 6.16 Å². The molecule has 0 radical (unpaired) electrons. The van der Waals surface area contributed by atoms with Crippen molar-refractivity contribution in [1.82, 2.24) is 0 Å². The first kappa shape index (κ1) is 14.3. The fraction of sp³-hybridized carbons (Fsp3) is 0.385. The molecule has 1 rings (SSSR count). The van der Waals surface area contributed by atoms with Gasteiger partial charge in [-0.3, -0.25) is 4.57 Å². The van der Waals surface area contributed by atoms with Crippen LogP contribution in [0.15, 0.2) is 36.2 Å². The van der Waals surface area contributed by atoms with Crippen LogP contribution in [0.1, 0.15) is 26.7 Å². The molecule has 0 aliphatic rings. The first-order valence-corrected chi connectivity index (χ1v) is 8.03. The Labute approximate surface area is 108 Å². The van der Waals surface area contributed by atoms with E-state index in [9.17, 15) is 4.57 Å². The fourth-order valence-electron chi connectivity index (χ4n) is 1.46. The molecule has 1 aromatic rings. The summed E-state index contributed by atoms with van der Waals surface area (Å²) < 4.78 is 18.1. The third-order valence-corrected chi connectivity index (χ3v) is 4.70. The number of hydrogen-bond donors (Lipinski definition) is 0. The first-order chi connectivity index (χ1) is 8.09. The Morgan fingerprint density at radius 2 is 2.24 bits per heavy atom. The maximum absolute atomic E-state index is 12.5. The molecule has 94 valence electrons. The SMILES string of the molecule is CC=CP(=O)(CCCC)Oc1cccc(Cl)c1. The molecule has 0 bridgehead atoms. The Kier molecular flexibility index (Phi) is 5.80. The molecule has 0 aliphatic carbocycles. The quantitative estimate of drug-likeness (QED) is 0.654. The van der Waals surface area contributed by atoms with Gasteiger partial charge in [-0.25, -0.2) is 0 Å². The summed E-state index contributed by atoms with van der Waals surface area (Å²) in [6, 6.07) is 7.01. The van der Waals surface area contributed by atoms with Gasteiger partial charge in [-0.05, 0) is 31.5 Å². The highest BCUT2D eigenvalue weighted by molar-refractivity contribution is 7.62. The molecule has 1 atom stereocenters. The molecule has 0 aliphatic heterocycles. The summed E-state index contributed by atoms with van der Waals surface area (Å²) in [4.78, 5) is 0. The number of rotatable bonds is 6. The first-order valence-electron chi connectivity index (χ1n) is 5.77. The summed E-state index contributed by atoms with van der Waals surface area (Å²) in [6.45, 7) is 3.92. The second-order valence-electron chi connectivity index (χ2n) is 3.83. The molecule has 0 fully saturated rings. The topological polar surface area (TPSA) is 26.3 Å². The lowest BCUT2D eigenvalue weighted by atomic mass is 10.3. The summed E-state index contributed by atoms with van der Waals surface area (Å²) in [5, 5.41) is 0.588. The summed E-state index contributed by atoms with van der Waals surface area (Å²) >= 11 is 5.87. The van der Waals surface area contributed by atoms with Crippen LogP contribution in [0.25, 0.3) is 0 Å². The smallest absolute Gasteiger partial charge is 0.269 e. The highest BCUT2D eigenvalue weighted by Crippen LogP contribution is 2.49. The zero-order valence-corrected chi connectivity index (χ0v) is 11.9. The van der Waals surface area contributed by atoms with Crippen molar-refractivity contribution < 1.29 is 9.09 Å². The second-order valence-corrected chi connectivity index (χ2v) is 6.65. The molecule has 0 N–H and O–H groups in total. The number of benzene rings is 1. The molecule has 0 aromatic heterocycles. The molecule has 4 heteroatoms. The molecule has 1 aromatic carbocycles. The minimum absolute atomic E-state index is 0.565. The van der Waals surface area contributed by atoms with Crippen LogP contribution >= 0.6 is 19.0 Å². The zero-order chi connectivity index (χ0) is 12.7. The van der Waals surface area contributed by atoms with Gasteiger partial charge in [0.25, 0.3) is 7.37 Å². The van der Waals surface area contributed by atoms with Crippen molar-refractivity contribution in [1.29, 1.82) is 0 Å². The van der Waals surface area contributed by atoms with Gasteiger partial charge < -0.3 is 4.52 Å². The maximum Gasteiger partial charge on any atom is 0.269 e. The molecule has 0 heterocycles. The lowest BCUT2D eigenvalue weighted by Crippen LogP contribution is -1.95. The van der Waals surface area contributed by atoms with Gasteiger partial charge in [-0.1, -0.05) is 37.1 Å². The van der Waals surface area contributed by atoms with E-state index in [1.54, 1.807) is 36.2 Å². The lowest BCUT2D eigenvalue weighted by molar-refractivity contribution is 0.489. The molecule has 0 spiro atoms. The Morgan fingerprint density at radius 3 is 2.82 bits per heavy atom. The van der Waals surface area contributed by atoms with Crippen LogP contribution in [-0.2, 0) is 4.57 Å². The van der Waals surface area contributed by atoms with E-state index in [1.807, 2.05) is 6.92 Å². The van der Waals surface area contributed by atoms with E-state index in [0.29, 0.717) is 16.9 Å². The zero-order valence-electron chi connectivity index (χ0n) is 10.2. The predicted octanol–water partition coefficient (Wildman–Crippen LogP) is 5.33. The highest BCUT2D eigenvalue weighted by atomic mass is 35.5. The highest BCUT2D eigenvalue weighted by Gasteiger charge is 2.19. The summed E-state index contributed by atoms with van der Waals surface area (Å²) in [5.74, 6) is 2.24. The van der Waals surface area contributed by atoms with Crippen molar-refractivity contribution in [3.8, 4) is 5.75 Å². The van der Waals surface area contributed by atoms with E-state index < -0.39 is 7.37 Å². The fourth-order valence-corrected chi connectivity index (χ4v) is 3.62. The average Bonchev–Trinajstić information content (AvgIpc) is 2.27. The van der Waals surface area contributed by atoms with Crippen molar-refractivity contribution in [3.05, 3.63) is 41.2 Å². The van der Waals surface area contributed by atoms with Crippen molar-refractivity contribution in [2.45, 2.75) is 26.7 Å². The largest absolute Gasteiger partial charge is 0.440 e. The van der Waals surface area contributed by atoms with E-state index in [1.165, 1.54) is 0 Å². The Hall–Kier alpha value is -0.720. The molecule has 1 unspecified atom stereocenters. The van der Waals surface area contributed by atoms with E-state index in [-0.39, 0.29) is 0 Å². The van der Waals surface area contributed by atoms with Crippen LogP contribution in [0.3, 0.4) is 0 Å². The molecule has 17 heavy (non-hydrogen) atoms. The average molecular weight is 273 g/mol. The van der Waals surface area contributed by atoms with E-state index in [2.05, 4.69) is 6.92 Å². The number of unbranched alkanes of at least 4 members (excludes halogenated alkanes) is 1. The number of hydrogen-bond acceptors (Lipinski definition) is 2. The minimum atomic E-state index is -2.72. The van der Waals surface area contributed by atoms with Crippen LogP contribution in [0.2, 0.25) is 5.02 Å². The molecule has 0 saturated heterocycles. The van der Waals surface area contributed by atoms with E-state index in [4.69, 9.17) is 16.1 Å². The van der Waals surface area contributed by atoms with Crippen molar-refractivity contribution in [2.24, 2.45) is 0 Å². The summed E-state index contributed by atoms with van der Waals surface area (Å²) in [5.41, 5.74) is 0. The third-order valence-electron chi connectivity index (χ3n) is 2.26. The summed E-state index contributed by atoms with van der Waals surface area (Å²) in [7, 11) is -2.72. The van der Waals surface area contributed by atoms with Crippen LogP contribution in [0.4, 0.5) is 0 Å². The Bertz CT molecular complexity index is 429. The van der Waals surface area contributed by atoms with Gasteiger partial charge >= 0.3 is 0 Å².